The minimum Gasteiger partial charge on any atom is -0.497 e. The average Bonchev–Trinajstić information content (AvgIpc) is 2.66. The number of carbonyl (C=O) groups excluding carboxylic acids is 1. The van der Waals surface area contributed by atoms with E-state index in [1.54, 1.807) is 32.0 Å². The molecule has 0 bridgehead atoms. The Kier molecular flexibility index (Phi) is 6.77. The predicted molar refractivity (Wildman–Crippen MR) is 99.5 cm³/mol. The summed E-state index contributed by atoms with van der Waals surface area (Å²) in [6.45, 7) is 3.39. The number of benzene rings is 2. The van der Waals surface area contributed by atoms with E-state index in [4.69, 9.17) is 9.47 Å². The lowest BCUT2D eigenvalue weighted by Crippen LogP contribution is -2.38. The molecule has 2 unspecified atom stereocenters. The number of nitrogens with one attached hydrogen (secondary N) is 2. The second-order valence-corrected chi connectivity index (χ2v) is 6.29. The van der Waals surface area contributed by atoms with Crippen molar-refractivity contribution in [3.63, 3.8) is 0 Å². The number of ether oxygens (including phenoxy) is 2. The summed E-state index contributed by atoms with van der Waals surface area (Å²) in [4.78, 5) is 12.3. The number of amides is 2. The van der Waals surface area contributed by atoms with Crippen LogP contribution in [0.25, 0.3) is 0 Å². The van der Waals surface area contributed by atoms with Crippen LogP contribution < -0.4 is 20.1 Å². The molecule has 0 heterocycles. The molecule has 0 spiro atoms. The Morgan fingerprint density at radius 3 is 2.25 bits per heavy atom. The van der Waals surface area contributed by atoms with E-state index in [2.05, 4.69) is 10.6 Å². The van der Waals surface area contributed by atoms with E-state index in [9.17, 15) is 18.0 Å². The summed E-state index contributed by atoms with van der Waals surface area (Å²) in [5, 5.41) is 5.41. The Morgan fingerprint density at radius 1 is 0.964 bits per heavy atom. The number of hydrogen-bond acceptors (Lipinski definition) is 3. The van der Waals surface area contributed by atoms with Crippen LogP contribution in [0.2, 0.25) is 0 Å². The summed E-state index contributed by atoms with van der Waals surface area (Å²) in [6.07, 6.45) is -4.44. The molecule has 0 aliphatic heterocycles. The molecule has 0 saturated carbocycles. The molecule has 2 aromatic carbocycles. The molecule has 0 saturated heterocycles. The summed E-state index contributed by atoms with van der Waals surface area (Å²) >= 11 is 0. The molecule has 2 aromatic rings. The van der Waals surface area contributed by atoms with Gasteiger partial charge in [-0.15, -0.1) is 0 Å². The molecule has 2 amide bonds. The number of hydrogen-bond donors (Lipinski definition) is 2. The molecule has 5 nitrogen and oxygen atoms in total. The summed E-state index contributed by atoms with van der Waals surface area (Å²) < 4.78 is 49.1. The molecule has 2 atom stereocenters. The van der Waals surface area contributed by atoms with Crippen LogP contribution in [0.15, 0.2) is 42.5 Å². The molecule has 2 N–H and O–H groups in total. The minimum absolute atomic E-state index is 0.358. The molecule has 152 valence electrons. The Balaban J connectivity index is 2.08. The molecule has 0 radical (unpaired) electrons. The van der Waals surface area contributed by atoms with Gasteiger partial charge in [0.05, 0.1) is 31.9 Å². The minimum atomic E-state index is -4.44. The fourth-order valence-electron chi connectivity index (χ4n) is 2.76. The molecule has 28 heavy (non-hydrogen) atoms. The van der Waals surface area contributed by atoms with Crippen molar-refractivity contribution in [2.45, 2.75) is 32.1 Å². The van der Waals surface area contributed by atoms with Gasteiger partial charge in [-0.3, -0.25) is 0 Å². The Bertz CT molecular complexity index is 825. The van der Waals surface area contributed by atoms with Crippen molar-refractivity contribution in [2.75, 3.05) is 14.2 Å². The van der Waals surface area contributed by atoms with Crippen LogP contribution in [0.5, 0.6) is 11.5 Å². The monoisotopic (exact) mass is 396 g/mol. The first-order valence-electron chi connectivity index (χ1n) is 8.61. The third-order valence-corrected chi connectivity index (χ3v) is 4.31. The second-order valence-electron chi connectivity index (χ2n) is 6.29. The fourth-order valence-corrected chi connectivity index (χ4v) is 2.76. The number of rotatable bonds is 6. The second kappa shape index (κ2) is 8.86. The molecule has 8 heteroatoms. The first-order chi connectivity index (χ1) is 13.2. The highest BCUT2D eigenvalue weighted by molar-refractivity contribution is 5.75. The largest absolute Gasteiger partial charge is 0.497 e. The molecule has 0 aliphatic carbocycles. The zero-order valence-corrected chi connectivity index (χ0v) is 16.1. The Morgan fingerprint density at radius 2 is 1.64 bits per heavy atom. The van der Waals surface area contributed by atoms with Crippen molar-refractivity contribution in [2.24, 2.45) is 0 Å². The highest BCUT2D eigenvalue weighted by Gasteiger charge is 2.30. The number of alkyl halides is 3. The van der Waals surface area contributed by atoms with Gasteiger partial charge < -0.3 is 20.1 Å². The van der Waals surface area contributed by atoms with E-state index in [1.807, 2.05) is 0 Å². The first-order valence-corrected chi connectivity index (χ1v) is 8.61. The van der Waals surface area contributed by atoms with Crippen LogP contribution >= 0.6 is 0 Å². The van der Waals surface area contributed by atoms with E-state index >= 15 is 0 Å². The van der Waals surface area contributed by atoms with E-state index in [1.165, 1.54) is 26.4 Å². The summed E-state index contributed by atoms with van der Waals surface area (Å²) in [5.74, 6) is 1.20. The van der Waals surface area contributed by atoms with E-state index in [-0.39, 0.29) is 0 Å². The van der Waals surface area contributed by atoms with Crippen molar-refractivity contribution >= 4 is 6.03 Å². The highest BCUT2D eigenvalue weighted by atomic mass is 19.4. The van der Waals surface area contributed by atoms with Crippen LogP contribution in [0.4, 0.5) is 18.0 Å². The fraction of sp³-hybridized carbons (Fsp3) is 0.350. The molecular weight excluding hydrogens is 373 g/mol. The zero-order valence-electron chi connectivity index (χ0n) is 16.1. The predicted octanol–water partition coefficient (Wildman–Crippen LogP) is 4.84. The van der Waals surface area contributed by atoms with Crippen molar-refractivity contribution < 1.29 is 27.4 Å². The van der Waals surface area contributed by atoms with Crippen LogP contribution in [-0.4, -0.2) is 20.3 Å². The van der Waals surface area contributed by atoms with E-state index < -0.39 is 29.9 Å². The highest BCUT2D eigenvalue weighted by Crippen LogP contribution is 2.31. The van der Waals surface area contributed by atoms with Crippen LogP contribution in [0, 0.1) is 0 Å². The van der Waals surface area contributed by atoms with Crippen molar-refractivity contribution in [1.29, 1.82) is 0 Å². The summed E-state index contributed by atoms with van der Waals surface area (Å²) in [7, 11) is 3.06. The van der Waals surface area contributed by atoms with Crippen LogP contribution in [-0.2, 0) is 6.18 Å². The van der Waals surface area contributed by atoms with Crippen molar-refractivity contribution in [3.8, 4) is 11.5 Å². The van der Waals surface area contributed by atoms with Gasteiger partial charge in [0, 0.05) is 5.56 Å². The lowest BCUT2D eigenvalue weighted by Gasteiger charge is -2.21. The molecule has 0 aromatic heterocycles. The lowest BCUT2D eigenvalue weighted by molar-refractivity contribution is -0.137. The number of halogens is 3. The third-order valence-electron chi connectivity index (χ3n) is 4.31. The Hall–Kier alpha value is -2.90. The standard InChI is InChI=1S/C20H23F3N2O3/c1-12(14-6-5-7-15(10-14)20(21,22)23)24-19(26)25-13(2)17-11-16(27-3)8-9-18(17)28-4/h5-13H,1-4H3,(H2,24,25,26). The molecule has 0 fully saturated rings. The summed E-state index contributed by atoms with van der Waals surface area (Å²) in [6, 6.07) is 8.56. The first kappa shape index (κ1) is 21.4. The Labute approximate surface area is 161 Å². The van der Waals surface area contributed by atoms with Gasteiger partial charge in [0.25, 0.3) is 0 Å². The SMILES string of the molecule is COc1ccc(OC)c(C(C)NC(=O)NC(C)c2cccc(C(F)(F)F)c2)c1. The molecule has 0 aliphatic rings. The lowest BCUT2D eigenvalue weighted by atomic mass is 10.0. The van der Waals surface area contributed by atoms with Gasteiger partial charge in [-0.2, -0.15) is 13.2 Å². The number of urea groups is 1. The van der Waals surface area contributed by atoms with Gasteiger partial charge in [-0.25, -0.2) is 4.79 Å². The third kappa shape index (κ3) is 5.31. The van der Waals surface area contributed by atoms with Gasteiger partial charge in [-0.1, -0.05) is 12.1 Å². The quantitative estimate of drug-likeness (QED) is 0.734. The van der Waals surface area contributed by atoms with Gasteiger partial charge in [0.1, 0.15) is 11.5 Å². The number of methoxy groups -OCH3 is 2. The molecular formula is C20H23F3N2O3. The van der Waals surface area contributed by atoms with Crippen LogP contribution in [0.1, 0.15) is 42.6 Å². The van der Waals surface area contributed by atoms with Gasteiger partial charge in [-0.05, 0) is 49.7 Å². The average molecular weight is 396 g/mol. The van der Waals surface area contributed by atoms with Crippen LogP contribution in [0.3, 0.4) is 0 Å². The van der Waals surface area contributed by atoms with Crippen molar-refractivity contribution in [1.82, 2.24) is 10.6 Å². The van der Waals surface area contributed by atoms with Gasteiger partial charge in [0.2, 0.25) is 0 Å². The van der Waals surface area contributed by atoms with Gasteiger partial charge >= 0.3 is 12.2 Å². The topological polar surface area (TPSA) is 59.6 Å². The maximum absolute atomic E-state index is 12.9. The maximum Gasteiger partial charge on any atom is 0.416 e. The van der Waals surface area contributed by atoms with Crippen molar-refractivity contribution in [3.05, 3.63) is 59.2 Å². The van der Waals surface area contributed by atoms with Gasteiger partial charge in [0.15, 0.2) is 0 Å². The zero-order chi connectivity index (χ0) is 20.9. The van der Waals surface area contributed by atoms with E-state index in [0.717, 1.165) is 12.1 Å². The van der Waals surface area contributed by atoms with E-state index in [0.29, 0.717) is 22.6 Å². The smallest absolute Gasteiger partial charge is 0.416 e. The number of carbonyl (C=O) groups is 1. The maximum atomic E-state index is 12.9. The molecule has 2 rings (SSSR count). The summed E-state index contributed by atoms with van der Waals surface area (Å²) in [5.41, 5.74) is 0.314. The normalized spacial score (nSPS) is 13.4.